The van der Waals surface area contributed by atoms with Gasteiger partial charge in [0.15, 0.2) is 11.5 Å². The standard InChI is InChI=1S/C25H27N3O2/c1-25(17-29-25)21(16-26)24-27-23-20(8-5-9-22(23)30-24)19-11-14-28(15-12-19)13-10-18-6-3-2-4-7-18/h2-9,19,21H,10-15,17H2,1H3. The number of piperidine rings is 1. The quantitative estimate of drug-likeness (QED) is 0.563. The van der Waals surface area contributed by atoms with Crippen LogP contribution >= 0.6 is 0 Å². The Morgan fingerprint density at radius 2 is 1.93 bits per heavy atom. The summed E-state index contributed by atoms with van der Waals surface area (Å²) in [5.41, 5.74) is 3.89. The lowest BCUT2D eigenvalue weighted by molar-refractivity contribution is 0.215. The zero-order valence-corrected chi connectivity index (χ0v) is 17.4. The average molecular weight is 402 g/mol. The van der Waals surface area contributed by atoms with Crippen LogP contribution in [0.4, 0.5) is 0 Å². The summed E-state index contributed by atoms with van der Waals surface area (Å²) in [6.45, 7) is 5.84. The van der Waals surface area contributed by atoms with E-state index in [0.717, 1.165) is 50.0 Å². The molecule has 2 saturated heterocycles. The molecule has 2 aromatic carbocycles. The summed E-state index contributed by atoms with van der Waals surface area (Å²) < 4.78 is 11.5. The Hall–Kier alpha value is -2.68. The molecular weight excluding hydrogens is 374 g/mol. The molecule has 0 bridgehead atoms. The van der Waals surface area contributed by atoms with Crippen molar-refractivity contribution in [1.29, 1.82) is 5.26 Å². The topological polar surface area (TPSA) is 65.6 Å². The van der Waals surface area contributed by atoms with Gasteiger partial charge in [0.05, 0.1) is 12.7 Å². The van der Waals surface area contributed by atoms with Crippen molar-refractivity contribution in [2.45, 2.75) is 43.6 Å². The van der Waals surface area contributed by atoms with Gasteiger partial charge in [0.1, 0.15) is 11.1 Å². The highest BCUT2D eigenvalue weighted by atomic mass is 16.6. The largest absolute Gasteiger partial charge is 0.439 e. The minimum absolute atomic E-state index is 0.458. The number of nitriles is 1. The van der Waals surface area contributed by atoms with Crippen LogP contribution in [0.1, 0.15) is 48.6 Å². The highest BCUT2D eigenvalue weighted by Gasteiger charge is 2.50. The first-order valence-electron chi connectivity index (χ1n) is 10.9. The Morgan fingerprint density at radius 3 is 2.63 bits per heavy atom. The van der Waals surface area contributed by atoms with Gasteiger partial charge in [0.2, 0.25) is 5.89 Å². The van der Waals surface area contributed by atoms with E-state index in [-0.39, 0.29) is 0 Å². The summed E-state index contributed by atoms with van der Waals surface area (Å²) in [4.78, 5) is 7.34. The normalized spacial score (nSPS) is 23.3. The summed E-state index contributed by atoms with van der Waals surface area (Å²) in [7, 11) is 0. The van der Waals surface area contributed by atoms with Crippen LogP contribution in [0.25, 0.3) is 11.1 Å². The molecule has 2 aliphatic heterocycles. The summed E-state index contributed by atoms with van der Waals surface area (Å²) in [5.74, 6) is 0.505. The molecule has 5 heteroatoms. The van der Waals surface area contributed by atoms with Gasteiger partial charge in [-0.15, -0.1) is 0 Å². The number of ether oxygens (including phenoxy) is 1. The van der Waals surface area contributed by atoms with Gasteiger partial charge in [-0.25, -0.2) is 4.98 Å². The van der Waals surface area contributed by atoms with Gasteiger partial charge in [-0.1, -0.05) is 42.5 Å². The van der Waals surface area contributed by atoms with Gasteiger partial charge in [0.25, 0.3) is 0 Å². The van der Waals surface area contributed by atoms with Crippen LogP contribution in [0.5, 0.6) is 0 Å². The van der Waals surface area contributed by atoms with E-state index >= 15 is 0 Å². The Bertz CT molecular complexity index is 1060. The molecule has 0 aliphatic carbocycles. The fourth-order valence-electron chi connectivity index (χ4n) is 4.57. The molecule has 0 spiro atoms. The van der Waals surface area contributed by atoms with Crippen LogP contribution in [-0.2, 0) is 11.2 Å². The van der Waals surface area contributed by atoms with Crippen molar-refractivity contribution in [3.63, 3.8) is 0 Å². The monoisotopic (exact) mass is 401 g/mol. The molecule has 3 heterocycles. The first-order valence-corrected chi connectivity index (χ1v) is 10.9. The fraction of sp³-hybridized carbons (Fsp3) is 0.440. The Balaban J connectivity index is 1.28. The Morgan fingerprint density at radius 1 is 1.17 bits per heavy atom. The third-order valence-corrected chi connectivity index (χ3v) is 6.64. The number of epoxide rings is 1. The van der Waals surface area contributed by atoms with E-state index in [2.05, 4.69) is 47.4 Å². The first-order chi connectivity index (χ1) is 14.7. The van der Waals surface area contributed by atoms with E-state index in [1.54, 1.807) is 0 Å². The molecule has 2 atom stereocenters. The van der Waals surface area contributed by atoms with Crippen molar-refractivity contribution >= 4 is 11.1 Å². The number of oxazole rings is 1. The lowest BCUT2D eigenvalue weighted by atomic mass is 9.88. The molecule has 0 N–H and O–H groups in total. The summed E-state index contributed by atoms with van der Waals surface area (Å²) in [5, 5.41) is 9.62. The highest BCUT2D eigenvalue weighted by Crippen LogP contribution is 2.42. The maximum absolute atomic E-state index is 9.62. The van der Waals surface area contributed by atoms with Crippen molar-refractivity contribution in [3.05, 3.63) is 65.5 Å². The summed E-state index contributed by atoms with van der Waals surface area (Å²) in [6.07, 6.45) is 3.35. The van der Waals surface area contributed by atoms with Crippen molar-refractivity contribution < 1.29 is 9.15 Å². The van der Waals surface area contributed by atoms with Crippen molar-refractivity contribution in [2.24, 2.45) is 0 Å². The van der Waals surface area contributed by atoms with Crippen molar-refractivity contribution in [1.82, 2.24) is 9.88 Å². The van der Waals surface area contributed by atoms with Crippen LogP contribution in [0.3, 0.4) is 0 Å². The molecule has 0 amide bonds. The predicted octanol–water partition coefficient (Wildman–Crippen LogP) is 4.65. The number of para-hydroxylation sites is 1. The summed E-state index contributed by atoms with van der Waals surface area (Å²) in [6, 6.07) is 19.2. The average Bonchev–Trinajstić information content (AvgIpc) is 3.37. The van der Waals surface area contributed by atoms with E-state index in [1.165, 1.54) is 11.1 Å². The molecule has 154 valence electrons. The molecular formula is C25H27N3O2. The molecule has 3 aromatic rings. The van der Waals surface area contributed by atoms with E-state index in [4.69, 9.17) is 14.1 Å². The van der Waals surface area contributed by atoms with Crippen molar-refractivity contribution in [2.75, 3.05) is 26.2 Å². The number of nitrogens with zero attached hydrogens (tertiary/aromatic N) is 3. The van der Waals surface area contributed by atoms with Gasteiger partial charge >= 0.3 is 0 Å². The van der Waals surface area contributed by atoms with Crippen LogP contribution in [0.2, 0.25) is 0 Å². The number of rotatable bonds is 6. The van der Waals surface area contributed by atoms with E-state index in [0.29, 0.717) is 18.4 Å². The lowest BCUT2D eigenvalue weighted by Gasteiger charge is -2.32. The number of hydrogen-bond donors (Lipinski definition) is 0. The van der Waals surface area contributed by atoms with Crippen LogP contribution < -0.4 is 0 Å². The minimum Gasteiger partial charge on any atom is -0.439 e. The highest BCUT2D eigenvalue weighted by molar-refractivity contribution is 5.77. The minimum atomic E-state index is -0.461. The predicted molar refractivity (Wildman–Crippen MR) is 115 cm³/mol. The second kappa shape index (κ2) is 7.86. The number of benzene rings is 2. The van der Waals surface area contributed by atoms with Crippen LogP contribution in [-0.4, -0.2) is 41.7 Å². The molecule has 5 rings (SSSR count). The van der Waals surface area contributed by atoms with Crippen molar-refractivity contribution in [3.8, 4) is 6.07 Å². The van der Waals surface area contributed by atoms with E-state index < -0.39 is 11.5 Å². The van der Waals surface area contributed by atoms with Gasteiger partial charge in [-0.3, -0.25) is 0 Å². The number of aromatic nitrogens is 1. The zero-order valence-electron chi connectivity index (χ0n) is 17.4. The molecule has 0 radical (unpaired) electrons. The number of fused-ring (bicyclic) bond motifs is 1. The lowest BCUT2D eigenvalue weighted by Crippen LogP contribution is -2.34. The van der Waals surface area contributed by atoms with Crippen LogP contribution in [0, 0.1) is 11.3 Å². The molecule has 1 aromatic heterocycles. The van der Waals surface area contributed by atoms with Gasteiger partial charge < -0.3 is 14.1 Å². The van der Waals surface area contributed by atoms with Gasteiger partial charge in [-0.05, 0) is 62.4 Å². The number of likely N-dealkylation sites (tertiary alicyclic amines) is 1. The van der Waals surface area contributed by atoms with Gasteiger partial charge in [-0.2, -0.15) is 5.26 Å². The SMILES string of the molecule is CC1(C(C#N)c2nc3c(C4CCN(CCc5ccccc5)CC4)cccc3o2)CO1. The zero-order chi connectivity index (χ0) is 20.6. The molecule has 2 fully saturated rings. The van der Waals surface area contributed by atoms with Gasteiger partial charge in [0, 0.05) is 6.54 Å². The first kappa shape index (κ1) is 19.3. The summed E-state index contributed by atoms with van der Waals surface area (Å²) >= 11 is 0. The number of hydrogen-bond acceptors (Lipinski definition) is 5. The smallest absolute Gasteiger partial charge is 0.215 e. The Kier molecular flexibility index (Phi) is 5.06. The molecule has 0 saturated carbocycles. The maximum atomic E-state index is 9.62. The third kappa shape index (κ3) is 3.74. The molecule has 30 heavy (non-hydrogen) atoms. The molecule has 2 unspecified atom stereocenters. The third-order valence-electron chi connectivity index (χ3n) is 6.64. The molecule has 5 nitrogen and oxygen atoms in total. The fourth-order valence-corrected chi connectivity index (χ4v) is 4.57. The van der Waals surface area contributed by atoms with E-state index in [1.807, 2.05) is 19.1 Å². The second-order valence-corrected chi connectivity index (χ2v) is 8.76. The molecule has 2 aliphatic rings. The van der Waals surface area contributed by atoms with E-state index in [9.17, 15) is 5.26 Å². The maximum Gasteiger partial charge on any atom is 0.215 e. The Labute approximate surface area is 177 Å². The second-order valence-electron chi connectivity index (χ2n) is 8.76. The van der Waals surface area contributed by atoms with Crippen LogP contribution in [0.15, 0.2) is 52.9 Å².